The van der Waals surface area contributed by atoms with Gasteiger partial charge in [0.25, 0.3) is 0 Å². The van der Waals surface area contributed by atoms with E-state index in [0.717, 1.165) is 25.7 Å². The van der Waals surface area contributed by atoms with Gasteiger partial charge < -0.3 is 4.74 Å². The molecule has 4 rings (SSSR count). The summed E-state index contributed by atoms with van der Waals surface area (Å²) in [5.41, 5.74) is 7.23. The second-order valence-electron chi connectivity index (χ2n) is 8.29. The molecule has 0 unspecified atom stereocenters. The molecule has 0 aliphatic heterocycles. The second kappa shape index (κ2) is 8.83. The summed E-state index contributed by atoms with van der Waals surface area (Å²) in [6.07, 6.45) is 12.2. The van der Waals surface area contributed by atoms with Crippen LogP contribution in [0.4, 0.5) is 0 Å². The molecule has 0 fully saturated rings. The van der Waals surface area contributed by atoms with Gasteiger partial charge in [-0.25, -0.2) is 4.79 Å². The summed E-state index contributed by atoms with van der Waals surface area (Å²) < 4.78 is 5.05. The Hall–Kier alpha value is -2.94. The van der Waals surface area contributed by atoms with E-state index in [0.29, 0.717) is 24.8 Å². The van der Waals surface area contributed by atoms with Gasteiger partial charge in [0.15, 0.2) is 0 Å². The lowest BCUT2D eigenvalue weighted by molar-refractivity contribution is -0.139. The molecule has 2 aromatic carbocycles. The smallest absolute Gasteiger partial charge is 0.333 e. The monoisotopic (exact) mass is 400 g/mol. The van der Waals surface area contributed by atoms with Crippen molar-refractivity contribution in [3.8, 4) is 0 Å². The molecule has 0 saturated carbocycles. The van der Waals surface area contributed by atoms with Crippen LogP contribution in [0.3, 0.4) is 0 Å². The Balaban J connectivity index is 1.34. The van der Waals surface area contributed by atoms with E-state index in [1.807, 2.05) is 0 Å². The van der Waals surface area contributed by atoms with Crippen LogP contribution in [-0.2, 0) is 27.2 Å². The predicted octanol–water partition coefficient (Wildman–Crippen LogP) is 5.99. The quantitative estimate of drug-likeness (QED) is 0.295. The first kappa shape index (κ1) is 20.3. The lowest BCUT2D eigenvalue weighted by Crippen LogP contribution is -2.08. The van der Waals surface area contributed by atoms with E-state index in [1.165, 1.54) is 38.6 Å². The first-order valence-corrected chi connectivity index (χ1v) is 10.8. The summed E-state index contributed by atoms with van der Waals surface area (Å²) in [7, 11) is 0. The highest BCUT2D eigenvalue weighted by atomic mass is 16.5. The number of carbonyl (C=O) groups is 2. The minimum absolute atomic E-state index is 0.237. The van der Waals surface area contributed by atoms with Crippen LogP contribution in [-0.4, -0.2) is 18.4 Å². The van der Waals surface area contributed by atoms with Gasteiger partial charge in [-0.1, -0.05) is 49.1 Å². The van der Waals surface area contributed by atoms with E-state index in [1.54, 1.807) is 6.92 Å². The highest BCUT2D eigenvalue weighted by Gasteiger charge is 2.19. The van der Waals surface area contributed by atoms with Crippen LogP contribution in [0, 0.1) is 0 Å². The molecule has 0 aromatic heterocycles. The zero-order valence-electron chi connectivity index (χ0n) is 17.6. The van der Waals surface area contributed by atoms with E-state index in [2.05, 4.69) is 49.1 Å². The third-order valence-corrected chi connectivity index (χ3v) is 6.00. The second-order valence-corrected chi connectivity index (χ2v) is 8.29. The maximum Gasteiger partial charge on any atom is 0.333 e. The Morgan fingerprint density at radius 1 is 1.00 bits per heavy atom. The summed E-state index contributed by atoms with van der Waals surface area (Å²) in [4.78, 5) is 23.6. The van der Waals surface area contributed by atoms with Crippen molar-refractivity contribution in [1.29, 1.82) is 0 Å². The van der Waals surface area contributed by atoms with Crippen molar-refractivity contribution in [1.82, 2.24) is 0 Å². The van der Waals surface area contributed by atoms with Crippen molar-refractivity contribution in [3.63, 3.8) is 0 Å². The predicted molar refractivity (Wildman–Crippen MR) is 122 cm³/mol. The van der Waals surface area contributed by atoms with Crippen LogP contribution in [0.2, 0.25) is 0 Å². The zero-order chi connectivity index (χ0) is 21.1. The van der Waals surface area contributed by atoms with Gasteiger partial charge in [-0.2, -0.15) is 0 Å². The van der Waals surface area contributed by atoms with Gasteiger partial charge in [0, 0.05) is 18.4 Å². The maximum absolute atomic E-state index is 12.2. The summed E-state index contributed by atoms with van der Waals surface area (Å²) in [6, 6.07) is 9.04. The molecule has 30 heavy (non-hydrogen) atoms. The van der Waals surface area contributed by atoms with Gasteiger partial charge >= 0.3 is 5.97 Å². The van der Waals surface area contributed by atoms with E-state index >= 15 is 0 Å². The Bertz CT molecular complexity index is 1080. The summed E-state index contributed by atoms with van der Waals surface area (Å²) in [5.74, 6) is -0.150. The van der Waals surface area contributed by atoms with E-state index < -0.39 is 0 Å². The van der Waals surface area contributed by atoms with Gasteiger partial charge in [0.1, 0.15) is 5.78 Å². The molecular weight excluding hydrogens is 372 g/mol. The molecule has 3 heteroatoms. The minimum Gasteiger partial charge on any atom is -0.462 e. The summed E-state index contributed by atoms with van der Waals surface area (Å²) >= 11 is 0. The largest absolute Gasteiger partial charge is 0.462 e. The highest BCUT2D eigenvalue weighted by molar-refractivity contribution is 6.04. The van der Waals surface area contributed by atoms with Crippen molar-refractivity contribution in [3.05, 3.63) is 70.8 Å². The summed E-state index contributed by atoms with van der Waals surface area (Å²) in [5, 5.41) is 2.83. The first-order valence-electron chi connectivity index (χ1n) is 10.8. The van der Waals surface area contributed by atoms with Crippen molar-refractivity contribution >= 4 is 34.2 Å². The average Bonchev–Trinajstić information content (AvgIpc) is 2.75. The fourth-order valence-corrected chi connectivity index (χ4v) is 4.46. The molecule has 0 radical (unpaired) electrons. The number of hydrogen-bond donors (Lipinski definition) is 0. The van der Waals surface area contributed by atoms with E-state index in [-0.39, 0.29) is 18.4 Å². The maximum atomic E-state index is 12.2. The number of carbonyl (C=O) groups excluding carboxylic acids is 2. The van der Waals surface area contributed by atoms with Crippen molar-refractivity contribution in [2.75, 3.05) is 6.61 Å². The van der Waals surface area contributed by atoms with Gasteiger partial charge in [-0.15, -0.1) is 0 Å². The molecule has 154 valence electrons. The molecule has 2 aliphatic carbocycles. The third-order valence-electron chi connectivity index (χ3n) is 6.00. The Morgan fingerprint density at radius 2 is 1.77 bits per heavy atom. The molecular formula is C27H28O3. The van der Waals surface area contributed by atoms with Gasteiger partial charge in [0.2, 0.25) is 0 Å². The standard InChI is InChI=1S/C27H28O3/c1-18(2)27(29)30-17-5-10-23(28)9-4-6-19-11-12-22-14-13-20-7-3-8-21-15-16-24(19)26(22)25(20)21/h3,8,11,13-16H,1,4-7,9-10,12,17H2,2H3. The highest BCUT2D eigenvalue weighted by Crippen LogP contribution is 2.40. The van der Waals surface area contributed by atoms with E-state index in [9.17, 15) is 9.59 Å². The number of hydrogen-bond acceptors (Lipinski definition) is 3. The Labute approximate surface area is 178 Å². The number of allylic oxidation sites excluding steroid dienone is 3. The molecule has 3 nitrogen and oxygen atoms in total. The van der Waals surface area contributed by atoms with Crippen molar-refractivity contribution in [2.24, 2.45) is 0 Å². The summed E-state index contributed by atoms with van der Waals surface area (Å²) in [6.45, 7) is 5.45. The molecule has 0 bridgehead atoms. The molecule has 2 aromatic rings. The SMILES string of the molecule is C=C(C)C(=O)OCCCC(=O)CCCC1=CCc2ccc3c4c(ccc1c24)C=CC3. The minimum atomic E-state index is -0.386. The van der Waals surface area contributed by atoms with Crippen LogP contribution in [0.5, 0.6) is 0 Å². The number of benzene rings is 2. The normalized spacial score (nSPS) is 13.8. The lowest BCUT2D eigenvalue weighted by Gasteiger charge is -2.23. The van der Waals surface area contributed by atoms with Crippen LogP contribution in [0.15, 0.2) is 48.6 Å². The fourth-order valence-electron chi connectivity index (χ4n) is 4.46. The molecule has 0 N–H and O–H groups in total. The van der Waals surface area contributed by atoms with Crippen LogP contribution < -0.4 is 0 Å². The van der Waals surface area contributed by atoms with Gasteiger partial charge in [-0.05, 0) is 77.6 Å². The van der Waals surface area contributed by atoms with E-state index in [4.69, 9.17) is 4.74 Å². The number of Topliss-reactive ketones (excluding diaryl/α,β-unsaturated/α-hetero) is 1. The molecule has 0 spiro atoms. The first-order chi connectivity index (χ1) is 14.5. The molecule has 0 amide bonds. The molecule has 0 saturated heterocycles. The molecule has 0 atom stereocenters. The van der Waals surface area contributed by atoms with Crippen molar-refractivity contribution in [2.45, 2.75) is 51.9 Å². The zero-order valence-corrected chi connectivity index (χ0v) is 17.6. The lowest BCUT2D eigenvalue weighted by atomic mass is 9.81. The molecule has 0 heterocycles. The average molecular weight is 401 g/mol. The third kappa shape index (κ3) is 4.16. The van der Waals surface area contributed by atoms with Gasteiger partial charge in [-0.3, -0.25) is 4.79 Å². The van der Waals surface area contributed by atoms with Crippen molar-refractivity contribution < 1.29 is 14.3 Å². The number of ether oxygens (including phenoxy) is 1. The van der Waals surface area contributed by atoms with Gasteiger partial charge in [0.05, 0.1) is 6.61 Å². The fraction of sp³-hybridized carbons (Fsp3) is 0.333. The number of esters is 1. The molecule has 2 aliphatic rings. The van der Waals surface area contributed by atoms with Crippen LogP contribution in [0.1, 0.15) is 61.3 Å². The number of rotatable bonds is 9. The Kier molecular flexibility index (Phi) is 5.98. The van der Waals surface area contributed by atoms with Crippen LogP contribution >= 0.6 is 0 Å². The van der Waals surface area contributed by atoms with Crippen LogP contribution in [0.25, 0.3) is 22.4 Å². The topological polar surface area (TPSA) is 43.4 Å². The Morgan fingerprint density at radius 3 is 2.57 bits per heavy atom. The number of ketones is 1.